The van der Waals surface area contributed by atoms with E-state index in [0.29, 0.717) is 9.49 Å². The molecule has 0 aliphatic rings. The van der Waals surface area contributed by atoms with Gasteiger partial charge in [0.05, 0.1) is 10.5 Å². The summed E-state index contributed by atoms with van der Waals surface area (Å²) < 4.78 is 24.5. The molecule has 1 aromatic rings. The molecular formula is C11H14ClNO4S. The Kier molecular flexibility index (Phi) is 4.37. The molecule has 0 radical (unpaired) electrons. The van der Waals surface area contributed by atoms with Gasteiger partial charge in [-0.15, -0.1) is 4.47 Å². The number of sulfonamides is 1. The van der Waals surface area contributed by atoms with Crippen molar-refractivity contribution in [1.82, 2.24) is 4.47 Å². The average molecular weight is 292 g/mol. The number of hydrogen-bond acceptors (Lipinski definition) is 4. The van der Waals surface area contributed by atoms with E-state index in [2.05, 4.69) is 0 Å². The first-order chi connectivity index (χ1) is 8.16. The lowest BCUT2D eigenvalue weighted by Gasteiger charge is -2.25. The number of amides is 1. The minimum atomic E-state index is -4.02. The molecule has 0 atom stereocenters. The molecule has 18 heavy (non-hydrogen) atoms. The maximum absolute atomic E-state index is 12.1. The van der Waals surface area contributed by atoms with Gasteiger partial charge in [0.2, 0.25) is 6.41 Å². The molecule has 0 fully saturated rings. The van der Waals surface area contributed by atoms with Crippen molar-refractivity contribution in [3.63, 3.8) is 0 Å². The van der Waals surface area contributed by atoms with Crippen LogP contribution in [0.3, 0.4) is 0 Å². The summed E-state index contributed by atoms with van der Waals surface area (Å²) in [6.45, 7) is 4.92. The molecule has 1 rings (SSSR count). The number of halogens is 1. The third-order valence-electron chi connectivity index (χ3n) is 1.80. The molecule has 0 aliphatic heterocycles. The van der Waals surface area contributed by atoms with E-state index in [9.17, 15) is 13.2 Å². The molecule has 1 aromatic carbocycles. The fourth-order valence-corrected chi connectivity index (χ4v) is 2.36. The van der Waals surface area contributed by atoms with Crippen molar-refractivity contribution in [2.45, 2.75) is 31.3 Å². The lowest BCUT2D eigenvalue weighted by atomic mass is 10.2. The van der Waals surface area contributed by atoms with E-state index in [1.54, 1.807) is 20.8 Å². The Morgan fingerprint density at radius 1 is 1.22 bits per heavy atom. The first-order valence-corrected chi connectivity index (χ1v) is 6.93. The van der Waals surface area contributed by atoms with E-state index in [0.717, 1.165) is 0 Å². The molecule has 0 N–H and O–H groups in total. The van der Waals surface area contributed by atoms with Crippen LogP contribution in [-0.2, 0) is 19.7 Å². The maximum atomic E-state index is 12.1. The lowest BCUT2D eigenvalue weighted by molar-refractivity contribution is -0.176. The fourth-order valence-electron chi connectivity index (χ4n) is 1.11. The summed E-state index contributed by atoms with van der Waals surface area (Å²) >= 11 is 5.67. The summed E-state index contributed by atoms with van der Waals surface area (Å²) in [5.41, 5.74) is -0.805. The Bertz CT molecular complexity index is 519. The van der Waals surface area contributed by atoms with E-state index >= 15 is 0 Å². The van der Waals surface area contributed by atoms with Gasteiger partial charge in [-0.25, -0.2) is 0 Å². The van der Waals surface area contributed by atoms with Crippen molar-refractivity contribution in [2.24, 2.45) is 0 Å². The van der Waals surface area contributed by atoms with Crippen LogP contribution in [0.1, 0.15) is 20.8 Å². The molecule has 0 saturated carbocycles. The van der Waals surface area contributed by atoms with Crippen molar-refractivity contribution < 1.29 is 18.0 Å². The second-order valence-corrected chi connectivity index (χ2v) is 6.74. The molecule has 7 heteroatoms. The van der Waals surface area contributed by atoms with E-state index in [1.807, 2.05) is 0 Å². The zero-order valence-corrected chi connectivity index (χ0v) is 11.8. The smallest absolute Gasteiger partial charge is 0.275 e. The monoisotopic (exact) mass is 291 g/mol. The molecule has 0 spiro atoms. The number of rotatable bonds is 4. The van der Waals surface area contributed by atoms with Crippen molar-refractivity contribution in [3.8, 4) is 0 Å². The number of hydrogen-bond donors (Lipinski definition) is 0. The van der Waals surface area contributed by atoms with Crippen LogP contribution in [0.5, 0.6) is 0 Å². The number of benzene rings is 1. The first-order valence-electron chi connectivity index (χ1n) is 5.11. The van der Waals surface area contributed by atoms with Gasteiger partial charge in [0.15, 0.2) is 0 Å². The highest BCUT2D eigenvalue weighted by Gasteiger charge is 2.28. The van der Waals surface area contributed by atoms with Crippen molar-refractivity contribution in [1.29, 1.82) is 0 Å². The minimum Gasteiger partial charge on any atom is -0.275 e. The Morgan fingerprint density at radius 2 is 1.72 bits per heavy atom. The van der Waals surface area contributed by atoms with E-state index in [1.165, 1.54) is 24.3 Å². The average Bonchev–Trinajstić information content (AvgIpc) is 2.25. The molecule has 5 nitrogen and oxygen atoms in total. The second-order valence-electron chi connectivity index (χ2n) is 4.52. The SMILES string of the molecule is CC(C)(C)ON(C=O)S(=O)(=O)c1ccc(Cl)cc1. The summed E-state index contributed by atoms with van der Waals surface area (Å²) in [4.78, 5) is 15.9. The quantitative estimate of drug-likeness (QED) is 0.630. The zero-order chi connectivity index (χ0) is 14.0. The van der Waals surface area contributed by atoms with Crippen LogP contribution >= 0.6 is 11.6 Å². The van der Waals surface area contributed by atoms with Gasteiger partial charge in [0, 0.05) is 5.02 Å². The van der Waals surface area contributed by atoms with Gasteiger partial charge in [0.25, 0.3) is 10.0 Å². The van der Waals surface area contributed by atoms with Gasteiger partial charge < -0.3 is 0 Å². The second kappa shape index (κ2) is 5.26. The van der Waals surface area contributed by atoms with Crippen LogP contribution in [0.15, 0.2) is 29.2 Å². The number of hydroxylamine groups is 1. The fraction of sp³-hybridized carbons (Fsp3) is 0.364. The molecule has 0 aliphatic carbocycles. The van der Waals surface area contributed by atoms with Crippen LogP contribution in [0.25, 0.3) is 0 Å². The first kappa shape index (κ1) is 14.9. The van der Waals surface area contributed by atoms with Crippen LogP contribution in [0.4, 0.5) is 0 Å². The van der Waals surface area contributed by atoms with Crippen molar-refractivity contribution in [3.05, 3.63) is 29.3 Å². The van der Waals surface area contributed by atoms with Crippen molar-refractivity contribution >= 4 is 28.0 Å². The predicted octanol–water partition coefficient (Wildman–Crippen LogP) is 2.22. The molecule has 0 heterocycles. The zero-order valence-electron chi connectivity index (χ0n) is 10.3. The summed E-state index contributed by atoms with van der Waals surface area (Å²) in [6, 6.07) is 5.46. The molecule has 1 amide bonds. The predicted molar refractivity (Wildman–Crippen MR) is 67.4 cm³/mol. The summed E-state index contributed by atoms with van der Waals surface area (Å²) in [7, 11) is -4.02. The molecule has 100 valence electrons. The van der Waals surface area contributed by atoms with Gasteiger partial charge >= 0.3 is 0 Å². The van der Waals surface area contributed by atoms with Crippen LogP contribution in [0.2, 0.25) is 5.02 Å². The van der Waals surface area contributed by atoms with Gasteiger partial charge in [-0.3, -0.25) is 9.63 Å². The summed E-state index contributed by atoms with van der Waals surface area (Å²) in [5, 5.41) is 0.406. The largest absolute Gasteiger partial charge is 0.289 e. The van der Waals surface area contributed by atoms with Crippen LogP contribution < -0.4 is 0 Å². The van der Waals surface area contributed by atoms with Gasteiger partial charge in [-0.1, -0.05) is 11.6 Å². The van der Waals surface area contributed by atoms with Gasteiger partial charge in [-0.2, -0.15) is 8.42 Å². The van der Waals surface area contributed by atoms with E-state index in [-0.39, 0.29) is 11.3 Å². The van der Waals surface area contributed by atoms with Crippen molar-refractivity contribution in [2.75, 3.05) is 0 Å². The van der Waals surface area contributed by atoms with Gasteiger partial charge in [-0.05, 0) is 45.0 Å². The topological polar surface area (TPSA) is 63.7 Å². The Balaban J connectivity index is 3.11. The molecule has 0 aromatic heterocycles. The standard InChI is InChI=1S/C11H14ClNO4S/c1-11(2,3)17-13(8-14)18(15,16)10-6-4-9(12)5-7-10/h4-8H,1-3H3. The number of carbonyl (C=O) groups is 1. The number of nitrogens with zero attached hydrogens (tertiary/aromatic N) is 1. The number of carbonyl (C=O) groups excluding carboxylic acids is 1. The Hall–Kier alpha value is -1.11. The minimum absolute atomic E-state index is 0.0664. The lowest BCUT2D eigenvalue weighted by Crippen LogP contribution is -2.37. The molecule has 0 unspecified atom stereocenters. The highest BCUT2D eigenvalue weighted by Crippen LogP contribution is 2.20. The third kappa shape index (κ3) is 3.69. The van der Waals surface area contributed by atoms with E-state index in [4.69, 9.17) is 16.4 Å². The third-order valence-corrected chi connectivity index (χ3v) is 3.55. The van der Waals surface area contributed by atoms with Crippen LogP contribution in [0, 0.1) is 0 Å². The highest BCUT2D eigenvalue weighted by molar-refractivity contribution is 7.89. The molecule has 0 bridgehead atoms. The van der Waals surface area contributed by atoms with Crippen LogP contribution in [-0.4, -0.2) is 24.9 Å². The summed E-state index contributed by atoms with van der Waals surface area (Å²) in [5.74, 6) is 0. The Labute approximate surface area is 111 Å². The normalized spacial score (nSPS) is 12.2. The highest BCUT2D eigenvalue weighted by atomic mass is 35.5. The molecule has 0 saturated heterocycles. The summed E-state index contributed by atoms with van der Waals surface area (Å²) in [6.07, 6.45) is 0.120. The maximum Gasteiger partial charge on any atom is 0.289 e. The Morgan fingerprint density at radius 3 is 2.11 bits per heavy atom. The van der Waals surface area contributed by atoms with Gasteiger partial charge in [0.1, 0.15) is 0 Å². The van der Waals surface area contributed by atoms with E-state index < -0.39 is 15.6 Å². The molecular weight excluding hydrogens is 278 g/mol.